The second-order valence-corrected chi connectivity index (χ2v) is 4.97. The Bertz CT molecular complexity index is 209. The Balaban J connectivity index is 4.17. The van der Waals surface area contributed by atoms with Gasteiger partial charge >= 0.3 is 5.97 Å². The van der Waals surface area contributed by atoms with Gasteiger partial charge in [0.25, 0.3) is 0 Å². The van der Waals surface area contributed by atoms with Gasteiger partial charge < -0.3 is 15.2 Å². The molecule has 0 atom stereocenters. The van der Waals surface area contributed by atoms with Crippen LogP contribution in [0.3, 0.4) is 0 Å². The normalized spacial score (nSPS) is 12.6. The van der Waals surface area contributed by atoms with Crippen LogP contribution in [0, 0.1) is 0 Å². The summed E-state index contributed by atoms with van der Waals surface area (Å²) >= 11 is 0. The molecule has 0 aliphatic rings. The molecule has 0 aromatic carbocycles. The van der Waals surface area contributed by atoms with Gasteiger partial charge in [-0.25, -0.2) is 4.79 Å². The van der Waals surface area contributed by atoms with Crippen LogP contribution in [-0.4, -0.2) is 30.3 Å². The monoisotopic (exact) mass is 231 g/mol. The van der Waals surface area contributed by atoms with Crippen LogP contribution in [0.1, 0.15) is 47.5 Å². The van der Waals surface area contributed by atoms with Crippen LogP contribution in [0.25, 0.3) is 0 Å². The number of ether oxygens (including phenoxy) is 2. The zero-order valence-electron chi connectivity index (χ0n) is 11.1. The predicted molar refractivity (Wildman–Crippen MR) is 64.2 cm³/mol. The summed E-state index contributed by atoms with van der Waals surface area (Å²) in [5, 5.41) is 0. The van der Waals surface area contributed by atoms with Gasteiger partial charge in [0.2, 0.25) is 0 Å². The molecule has 0 saturated carbocycles. The van der Waals surface area contributed by atoms with E-state index in [1.807, 2.05) is 34.6 Å². The van der Waals surface area contributed by atoms with Gasteiger partial charge in [-0.15, -0.1) is 0 Å². The Kier molecular flexibility index (Phi) is 5.97. The van der Waals surface area contributed by atoms with Crippen LogP contribution in [0.2, 0.25) is 0 Å². The summed E-state index contributed by atoms with van der Waals surface area (Å²) in [7, 11) is 0. The van der Waals surface area contributed by atoms with Crippen molar-refractivity contribution >= 4 is 5.97 Å². The van der Waals surface area contributed by atoms with E-state index >= 15 is 0 Å². The lowest BCUT2D eigenvalue weighted by Crippen LogP contribution is -2.41. The average Bonchev–Trinajstić information content (AvgIpc) is 2.18. The molecule has 4 heteroatoms. The summed E-state index contributed by atoms with van der Waals surface area (Å²) in [4.78, 5) is 11.5. The van der Waals surface area contributed by atoms with Crippen molar-refractivity contribution in [3.63, 3.8) is 0 Å². The minimum atomic E-state index is -0.468. The third-order valence-electron chi connectivity index (χ3n) is 2.58. The third-order valence-corrected chi connectivity index (χ3v) is 2.58. The maximum atomic E-state index is 11.5. The quantitative estimate of drug-likeness (QED) is 0.709. The molecule has 0 unspecified atom stereocenters. The molecule has 2 N–H and O–H groups in total. The summed E-state index contributed by atoms with van der Waals surface area (Å²) < 4.78 is 10.7. The lowest BCUT2D eigenvalue weighted by Gasteiger charge is -2.30. The Morgan fingerprint density at radius 3 is 2.00 bits per heavy atom. The molecule has 0 aliphatic carbocycles. The Hall–Kier alpha value is -0.610. The molecule has 0 aliphatic heterocycles. The number of rotatable bonds is 6. The SMILES string of the molecule is CCC(CC)(CN)OCC(=O)OC(C)(C)C. The van der Waals surface area contributed by atoms with Gasteiger partial charge in [-0.05, 0) is 33.6 Å². The van der Waals surface area contributed by atoms with E-state index in [1.54, 1.807) is 0 Å². The third kappa shape index (κ3) is 5.47. The summed E-state index contributed by atoms with van der Waals surface area (Å²) in [6.07, 6.45) is 1.59. The number of hydrogen-bond donors (Lipinski definition) is 1. The maximum Gasteiger partial charge on any atom is 0.332 e. The van der Waals surface area contributed by atoms with Gasteiger partial charge in [-0.2, -0.15) is 0 Å². The molecule has 0 rings (SSSR count). The fraction of sp³-hybridized carbons (Fsp3) is 0.917. The number of esters is 1. The van der Waals surface area contributed by atoms with Gasteiger partial charge in [0.05, 0.1) is 5.60 Å². The molecule has 0 aromatic rings. The topological polar surface area (TPSA) is 61.5 Å². The molecule has 4 nitrogen and oxygen atoms in total. The molecular formula is C12H25NO3. The highest BCUT2D eigenvalue weighted by Gasteiger charge is 2.27. The van der Waals surface area contributed by atoms with Crippen molar-refractivity contribution in [3.8, 4) is 0 Å². The molecule has 0 fully saturated rings. The predicted octanol–water partition coefficient (Wildman–Crippen LogP) is 1.86. The average molecular weight is 231 g/mol. The first-order valence-electron chi connectivity index (χ1n) is 5.84. The molecule has 0 amide bonds. The first kappa shape index (κ1) is 15.4. The Labute approximate surface area is 98.5 Å². The van der Waals surface area contributed by atoms with E-state index in [0.29, 0.717) is 6.54 Å². The Morgan fingerprint density at radius 1 is 1.19 bits per heavy atom. The maximum absolute atomic E-state index is 11.5. The summed E-state index contributed by atoms with van der Waals surface area (Å²) in [5.74, 6) is -0.341. The standard InChI is InChI=1S/C12H25NO3/c1-6-12(7-2,9-13)15-8-10(14)16-11(3,4)5/h6-9,13H2,1-5H3. The van der Waals surface area contributed by atoms with Gasteiger partial charge in [0.15, 0.2) is 0 Å². The van der Waals surface area contributed by atoms with Gasteiger partial charge in [-0.3, -0.25) is 0 Å². The second kappa shape index (κ2) is 6.21. The van der Waals surface area contributed by atoms with E-state index in [-0.39, 0.29) is 12.6 Å². The number of carbonyl (C=O) groups is 1. The van der Waals surface area contributed by atoms with Crippen molar-refractivity contribution < 1.29 is 14.3 Å². The highest BCUT2D eigenvalue weighted by molar-refractivity contribution is 5.71. The molecule has 0 heterocycles. The van der Waals surface area contributed by atoms with Crippen molar-refractivity contribution in [1.29, 1.82) is 0 Å². The molecular weight excluding hydrogens is 206 g/mol. The highest BCUT2D eigenvalue weighted by Crippen LogP contribution is 2.19. The molecule has 0 radical (unpaired) electrons. The molecule has 0 aromatic heterocycles. The number of nitrogens with two attached hydrogens (primary N) is 1. The lowest BCUT2D eigenvalue weighted by molar-refractivity contribution is -0.167. The van der Waals surface area contributed by atoms with Gasteiger partial charge in [0.1, 0.15) is 12.2 Å². The lowest BCUT2D eigenvalue weighted by atomic mass is 9.97. The fourth-order valence-corrected chi connectivity index (χ4v) is 1.38. The zero-order chi connectivity index (χ0) is 12.8. The van der Waals surface area contributed by atoms with E-state index in [1.165, 1.54) is 0 Å². The van der Waals surface area contributed by atoms with E-state index in [4.69, 9.17) is 15.2 Å². The van der Waals surface area contributed by atoms with E-state index in [0.717, 1.165) is 12.8 Å². The minimum Gasteiger partial charge on any atom is -0.458 e. The first-order valence-corrected chi connectivity index (χ1v) is 5.84. The number of hydrogen-bond acceptors (Lipinski definition) is 4. The van der Waals surface area contributed by atoms with Crippen LogP contribution >= 0.6 is 0 Å². The second-order valence-electron chi connectivity index (χ2n) is 4.97. The van der Waals surface area contributed by atoms with Crippen LogP contribution < -0.4 is 5.73 Å². The smallest absolute Gasteiger partial charge is 0.332 e. The fourth-order valence-electron chi connectivity index (χ4n) is 1.38. The van der Waals surface area contributed by atoms with Crippen molar-refractivity contribution in [3.05, 3.63) is 0 Å². The summed E-state index contributed by atoms with van der Waals surface area (Å²) in [5.41, 5.74) is 4.81. The molecule has 0 saturated heterocycles. The zero-order valence-corrected chi connectivity index (χ0v) is 11.1. The molecule has 16 heavy (non-hydrogen) atoms. The molecule has 0 spiro atoms. The van der Waals surface area contributed by atoms with Crippen molar-refractivity contribution in [1.82, 2.24) is 0 Å². The van der Waals surface area contributed by atoms with Gasteiger partial charge in [-0.1, -0.05) is 13.8 Å². The highest BCUT2D eigenvalue weighted by atomic mass is 16.6. The van der Waals surface area contributed by atoms with Crippen LogP contribution in [0.15, 0.2) is 0 Å². The van der Waals surface area contributed by atoms with Crippen LogP contribution in [0.5, 0.6) is 0 Å². The minimum absolute atomic E-state index is 0.0316. The van der Waals surface area contributed by atoms with E-state index in [2.05, 4.69) is 0 Å². The molecule has 96 valence electrons. The van der Waals surface area contributed by atoms with Crippen LogP contribution in [-0.2, 0) is 14.3 Å². The van der Waals surface area contributed by atoms with Crippen molar-refractivity contribution in [2.24, 2.45) is 5.73 Å². The first-order chi connectivity index (χ1) is 7.28. The largest absolute Gasteiger partial charge is 0.458 e. The van der Waals surface area contributed by atoms with E-state index in [9.17, 15) is 4.79 Å². The van der Waals surface area contributed by atoms with Crippen molar-refractivity contribution in [2.45, 2.75) is 58.7 Å². The van der Waals surface area contributed by atoms with Crippen molar-refractivity contribution in [2.75, 3.05) is 13.2 Å². The number of carbonyl (C=O) groups excluding carboxylic acids is 1. The van der Waals surface area contributed by atoms with Crippen LogP contribution in [0.4, 0.5) is 0 Å². The summed E-state index contributed by atoms with van der Waals surface area (Å²) in [6.45, 7) is 9.90. The summed E-state index contributed by atoms with van der Waals surface area (Å²) in [6, 6.07) is 0. The molecule has 0 bridgehead atoms. The van der Waals surface area contributed by atoms with Gasteiger partial charge in [0, 0.05) is 6.54 Å². The Morgan fingerprint density at radius 2 is 1.69 bits per heavy atom. The van der Waals surface area contributed by atoms with E-state index < -0.39 is 11.2 Å².